The third-order valence-electron chi connectivity index (χ3n) is 6.01. The maximum absolute atomic E-state index is 13.6. The summed E-state index contributed by atoms with van der Waals surface area (Å²) in [5.74, 6) is -4.49. The third kappa shape index (κ3) is 4.04. The van der Waals surface area contributed by atoms with Gasteiger partial charge in [-0.2, -0.15) is 0 Å². The Balaban J connectivity index is 1.85. The number of likely N-dealkylation sites (tertiary alicyclic amines) is 1. The number of carboxylic acids is 2. The Morgan fingerprint density at radius 2 is 1.53 bits per heavy atom. The van der Waals surface area contributed by atoms with Crippen molar-refractivity contribution in [3.8, 4) is 11.3 Å². The zero-order valence-electron chi connectivity index (χ0n) is 17.5. The van der Waals surface area contributed by atoms with Gasteiger partial charge in [-0.3, -0.25) is 9.59 Å². The van der Waals surface area contributed by atoms with E-state index in [2.05, 4.69) is 0 Å². The van der Waals surface area contributed by atoms with Crippen LogP contribution in [-0.4, -0.2) is 50.2 Å². The molecule has 10 heteroatoms. The first-order chi connectivity index (χ1) is 16.2. The fraction of sp³-hybridized carbons (Fsp3) is 0.208. The number of hydrogen-bond acceptors (Lipinski definition) is 5. The van der Waals surface area contributed by atoms with Crippen LogP contribution in [0.2, 0.25) is 10.0 Å². The molecule has 2 aromatic carbocycles. The Morgan fingerprint density at radius 3 is 2.06 bits per heavy atom. The van der Waals surface area contributed by atoms with Crippen LogP contribution in [0.4, 0.5) is 0 Å². The predicted molar refractivity (Wildman–Crippen MR) is 123 cm³/mol. The van der Waals surface area contributed by atoms with E-state index in [1.54, 1.807) is 30.3 Å². The zero-order chi connectivity index (χ0) is 24.6. The van der Waals surface area contributed by atoms with Gasteiger partial charge in [0.1, 0.15) is 17.6 Å². The molecule has 4 rings (SSSR count). The van der Waals surface area contributed by atoms with Crippen LogP contribution in [0.3, 0.4) is 0 Å². The fourth-order valence-corrected chi connectivity index (χ4v) is 4.55. The highest BCUT2D eigenvalue weighted by atomic mass is 35.5. The number of aliphatic hydroxyl groups is 1. The summed E-state index contributed by atoms with van der Waals surface area (Å²) in [6, 6.07) is 14.3. The number of amides is 1. The van der Waals surface area contributed by atoms with Crippen molar-refractivity contribution in [1.82, 2.24) is 4.90 Å². The number of hydrogen-bond donors (Lipinski definition) is 3. The quantitative estimate of drug-likeness (QED) is 0.455. The number of benzene rings is 2. The number of nitrogens with zero attached hydrogens (tertiary/aromatic N) is 1. The van der Waals surface area contributed by atoms with Crippen molar-refractivity contribution < 1.29 is 34.1 Å². The molecule has 3 unspecified atom stereocenters. The summed E-state index contributed by atoms with van der Waals surface area (Å²) in [5, 5.41) is 31.0. The van der Waals surface area contributed by atoms with E-state index in [4.69, 9.17) is 27.6 Å². The van der Waals surface area contributed by atoms with Gasteiger partial charge in [0.05, 0.1) is 12.5 Å². The SMILES string of the molecule is O=C(O)C1CC(CO)(C(=O)O)N(C(=O)c2ccc(Cl)cc2)C1c1ccc(-c2ccc(Cl)cc2)o1. The number of furan rings is 1. The standard InChI is InChI=1S/C24H19Cl2NO7/c25-15-5-1-13(2-6-15)18-9-10-19(34-18)20-17(22(30)31)11-24(12-28,23(32)33)27(20)21(29)14-3-7-16(26)8-4-14/h1-10,17,20,28H,11-12H2,(H,30,31)(H,32,33). The Kier molecular flexibility index (Phi) is 6.40. The van der Waals surface area contributed by atoms with E-state index in [0.29, 0.717) is 21.4 Å². The highest BCUT2D eigenvalue weighted by Gasteiger charge is 2.61. The molecule has 8 nitrogen and oxygen atoms in total. The van der Waals surface area contributed by atoms with Crippen LogP contribution in [-0.2, 0) is 9.59 Å². The molecule has 1 amide bonds. The number of carbonyl (C=O) groups excluding carboxylic acids is 1. The number of carboxylic acid groups (broad SMARTS) is 2. The van der Waals surface area contributed by atoms with E-state index < -0.39 is 48.4 Å². The topological polar surface area (TPSA) is 128 Å². The molecule has 3 N–H and O–H groups in total. The molecule has 0 radical (unpaired) electrons. The minimum absolute atomic E-state index is 0.0799. The average Bonchev–Trinajstić information content (AvgIpc) is 3.43. The first kappa shape index (κ1) is 23.8. The number of carbonyl (C=O) groups is 3. The van der Waals surface area contributed by atoms with Gasteiger partial charge >= 0.3 is 11.9 Å². The van der Waals surface area contributed by atoms with Crippen molar-refractivity contribution in [1.29, 1.82) is 0 Å². The number of aliphatic carboxylic acids is 2. The van der Waals surface area contributed by atoms with E-state index in [9.17, 15) is 29.7 Å². The zero-order valence-corrected chi connectivity index (χ0v) is 19.0. The highest BCUT2D eigenvalue weighted by Crippen LogP contribution is 2.49. The van der Waals surface area contributed by atoms with Crippen LogP contribution in [0.1, 0.15) is 28.6 Å². The Hall–Kier alpha value is -3.33. The molecule has 1 aromatic heterocycles. The maximum Gasteiger partial charge on any atom is 0.332 e. The summed E-state index contributed by atoms with van der Waals surface area (Å²) in [6.45, 7) is -0.979. The molecule has 1 fully saturated rings. The minimum atomic E-state index is -2.17. The number of aliphatic hydroxyl groups excluding tert-OH is 1. The highest BCUT2D eigenvalue weighted by molar-refractivity contribution is 6.31. The molecule has 176 valence electrons. The molecule has 0 aliphatic carbocycles. The van der Waals surface area contributed by atoms with Crippen LogP contribution in [0.5, 0.6) is 0 Å². The monoisotopic (exact) mass is 503 g/mol. The molecule has 3 aromatic rings. The fourth-order valence-electron chi connectivity index (χ4n) is 4.30. The summed E-state index contributed by atoms with van der Waals surface area (Å²) in [4.78, 5) is 39.0. The molecule has 0 bridgehead atoms. The van der Waals surface area contributed by atoms with Crippen molar-refractivity contribution in [2.45, 2.75) is 18.0 Å². The van der Waals surface area contributed by atoms with Gasteiger partial charge in [-0.25, -0.2) is 4.79 Å². The van der Waals surface area contributed by atoms with Crippen molar-refractivity contribution in [3.63, 3.8) is 0 Å². The predicted octanol–water partition coefficient (Wildman–Crippen LogP) is 4.36. The van der Waals surface area contributed by atoms with Gasteiger partial charge in [-0.1, -0.05) is 23.2 Å². The van der Waals surface area contributed by atoms with Crippen molar-refractivity contribution in [3.05, 3.63) is 82.0 Å². The molecule has 1 saturated heterocycles. The molecular formula is C24H19Cl2NO7. The molecule has 1 aliphatic heterocycles. The summed E-state index contributed by atoms with van der Waals surface area (Å²) in [5.41, 5.74) is -1.43. The van der Waals surface area contributed by atoms with E-state index in [0.717, 1.165) is 4.90 Å². The van der Waals surface area contributed by atoms with Crippen molar-refractivity contribution in [2.24, 2.45) is 5.92 Å². The first-order valence-electron chi connectivity index (χ1n) is 10.2. The lowest BCUT2D eigenvalue weighted by Crippen LogP contribution is -2.56. The van der Waals surface area contributed by atoms with Gasteiger partial charge in [-0.05, 0) is 67.1 Å². The maximum atomic E-state index is 13.6. The largest absolute Gasteiger partial charge is 0.481 e. The van der Waals surface area contributed by atoms with Crippen LogP contribution in [0.25, 0.3) is 11.3 Å². The lowest BCUT2D eigenvalue weighted by Gasteiger charge is -2.36. The van der Waals surface area contributed by atoms with E-state index in [1.807, 2.05) is 0 Å². The summed E-state index contributed by atoms with van der Waals surface area (Å²) in [7, 11) is 0. The molecule has 0 spiro atoms. The molecule has 34 heavy (non-hydrogen) atoms. The average molecular weight is 504 g/mol. The minimum Gasteiger partial charge on any atom is -0.481 e. The summed E-state index contributed by atoms with van der Waals surface area (Å²) in [6.07, 6.45) is -0.505. The summed E-state index contributed by atoms with van der Waals surface area (Å²) < 4.78 is 5.93. The normalized spacial score (nSPS) is 22.0. The van der Waals surface area contributed by atoms with E-state index in [1.165, 1.54) is 30.3 Å². The molecule has 2 heterocycles. The molecular weight excluding hydrogens is 485 g/mol. The van der Waals surface area contributed by atoms with Crippen LogP contribution in [0, 0.1) is 5.92 Å². The number of rotatable bonds is 6. The second kappa shape index (κ2) is 9.13. The second-order valence-corrected chi connectivity index (χ2v) is 8.85. The lowest BCUT2D eigenvalue weighted by atomic mass is 9.91. The van der Waals surface area contributed by atoms with Crippen molar-refractivity contribution >= 4 is 41.0 Å². The third-order valence-corrected chi connectivity index (χ3v) is 6.52. The van der Waals surface area contributed by atoms with Crippen LogP contribution >= 0.6 is 23.2 Å². The van der Waals surface area contributed by atoms with Crippen LogP contribution in [0.15, 0.2) is 65.1 Å². The lowest BCUT2D eigenvalue weighted by molar-refractivity contribution is -0.151. The van der Waals surface area contributed by atoms with Crippen LogP contribution < -0.4 is 0 Å². The molecule has 0 saturated carbocycles. The van der Waals surface area contributed by atoms with E-state index >= 15 is 0 Å². The van der Waals surface area contributed by atoms with Gasteiger partial charge in [-0.15, -0.1) is 0 Å². The smallest absolute Gasteiger partial charge is 0.332 e. The Morgan fingerprint density at radius 1 is 0.941 bits per heavy atom. The Bertz CT molecular complexity index is 1240. The number of halogens is 2. The first-order valence-corrected chi connectivity index (χ1v) is 11.0. The van der Waals surface area contributed by atoms with Gasteiger partial charge < -0.3 is 24.6 Å². The van der Waals surface area contributed by atoms with Crippen molar-refractivity contribution in [2.75, 3.05) is 6.61 Å². The Labute approximate surface area is 203 Å². The molecule has 3 atom stereocenters. The summed E-state index contributed by atoms with van der Waals surface area (Å²) >= 11 is 11.8. The second-order valence-electron chi connectivity index (χ2n) is 7.98. The van der Waals surface area contributed by atoms with Gasteiger partial charge in [0.2, 0.25) is 0 Å². The van der Waals surface area contributed by atoms with Gasteiger partial charge in [0.15, 0.2) is 5.54 Å². The molecule has 1 aliphatic rings. The van der Waals surface area contributed by atoms with Gasteiger partial charge in [0.25, 0.3) is 5.91 Å². The van der Waals surface area contributed by atoms with Gasteiger partial charge in [0, 0.05) is 21.2 Å². The van der Waals surface area contributed by atoms with E-state index in [-0.39, 0.29) is 11.3 Å².